The number of aromatic nitrogens is 1. The second-order valence-corrected chi connectivity index (χ2v) is 6.32. The molecule has 0 radical (unpaired) electrons. The zero-order valence-electron chi connectivity index (χ0n) is 14.4. The van der Waals surface area contributed by atoms with Crippen LogP contribution in [0, 0.1) is 6.92 Å². The molecule has 0 atom stereocenters. The summed E-state index contributed by atoms with van der Waals surface area (Å²) in [5.41, 5.74) is 4.98. The number of nitrogens with zero attached hydrogens (tertiary/aromatic N) is 1. The fourth-order valence-electron chi connectivity index (χ4n) is 3.37. The maximum atomic E-state index is 12.4. The van der Waals surface area contributed by atoms with Gasteiger partial charge in [-0.25, -0.2) is 0 Å². The Balaban J connectivity index is 1.66. The number of nitrogens with one attached hydrogen (secondary N) is 1. The van der Waals surface area contributed by atoms with E-state index in [1.807, 2.05) is 4.90 Å². The number of carbonyl (C=O) groups excluding carboxylic acids is 2. The number of ether oxygens (including phenoxy) is 1. The van der Waals surface area contributed by atoms with E-state index in [0.29, 0.717) is 19.7 Å². The van der Waals surface area contributed by atoms with Gasteiger partial charge in [-0.1, -0.05) is 11.6 Å². The molecule has 128 valence electrons. The molecule has 0 bridgehead atoms. The summed E-state index contributed by atoms with van der Waals surface area (Å²) < 4.78 is 4.89. The lowest BCUT2D eigenvalue weighted by Gasteiger charge is -2.20. The van der Waals surface area contributed by atoms with Gasteiger partial charge in [0.2, 0.25) is 5.91 Å². The molecule has 0 aliphatic carbocycles. The Morgan fingerprint density at radius 2 is 2.00 bits per heavy atom. The number of esters is 1. The highest BCUT2D eigenvalue weighted by atomic mass is 16.5. The number of benzene rings is 1. The quantitative estimate of drug-likeness (QED) is 0.878. The molecule has 0 unspecified atom stereocenters. The minimum atomic E-state index is -0.299. The Morgan fingerprint density at radius 1 is 1.21 bits per heavy atom. The van der Waals surface area contributed by atoms with Crippen molar-refractivity contribution in [3.05, 3.63) is 35.0 Å². The van der Waals surface area contributed by atoms with E-state index in [4.69, 9.17) is 4.74 Å². The van der Waals surface area contributed by atoms with Crippen LogP contribution in [0.5, 0.6) is 0 Å². The van der Waals surface area contributed by atoms with Gasteiger partial charge in [-0.2, -0.15) is 0 Å². The largest absolute Gasteiger partial charge is 0.466 e. The second kappa shape index (κ2) is 7.07. The summed E-state index contributed by atoms with van der Waals surface area (Å²) in [6, 6.07) is 6.45. The van der Waals surface area contributed by atoms with Crippen molar-refractivity contribution in [2.75, 3.05) is 19.7 Å². The molecule has 0 spiro atoms. The van der Waals surface area contributed by atoms with Crippen molar-refractivity contribution >= 4 is 22.8 Å². The van der Waals surface area contributed by atoms with Crippen LogP contribution in [0.4, 0.5) is 0 Å². The number of rotatable bonds is 4. The van der Waals surface area contributed by atoms with Crippen molar-refractivity contribution < 1.29 is 14.3 Å². The number of carbonyl (C=O) groups is 2. The van der Waals surface area contributed by atoms with Crippen LogP contribution < -0.4 is 0 Å². The number of hydrogen-bond acceptors (Lipinski definition) is 3. The molecule has 1 aliphatic heterocycles. The molecule has 1 amide bonds. The van der Waals surface area contributed by atoms with E-state index in [-0.39, 0.29) is 24.7 Å². The highest BCUT2D eigenvalue weighted by Gasteiger charge is 2.21. The molecule has 5 nitrogen and oxygen atoms in total. The lowest BCUT2D eigenvalue weighted by atomic mass is 10.1. The van der Waals surface area contributed by atoms with Crippen LogP contribution in [0.1, 0.15) is 36.6 Å². The van der Waals surface area contributed by atoms with Gasteiger partial charge in [-0.05, 0) is 38.0 Å². The van der Waals surface area contributed by atoms with Crippen LogP contribution in [-0.4, -0.2) is 41.5 Å². The van der Waals surface area contributed by atoms with E-state index in [1.54, 1.807) is 6.92 Å². The molecule has 0 fully saturated rings. The number of H-pyrrole nitrogens is 1. The third-order valence-corrected chi connectivity index (χ3v) is 4.61. The fourth-order valence-corrected chi connectivity index (χ4v) is 3.37. The maximum Gasteiger partial charge on any atom is 0.306 e. The average Bonchev–Trinajstić information content (AvgIpc) is 2.76. The second-order valence-electron chi connectivity index (χ2n) is 6.32. The zero-order chi connectivity index (χ0) is 17.1. The number of aryl methyl sites for hydroxylation is 1. The van der Waals surface area contributed by atoms with Crippen molar-refractivity contribution in [1.82, 2.24) is 9.88 Å². The zero-order valence-corrected chi connectivity index (χ0v) is 14.4. The first-order valence-electron chi connectivity index (χ1n) is 8.62. The van der Waals surface area contributed by atoms with Crippen molar-refractivity contribution in [3.8, 4) is 0 Å². The lowest BCUT2D eigenvalue weighted by Crippen LogP contribution is -2.33. The van der Waals surface area contributed by atoms with Gasteiger partial charge in [-0.3, -0.25) is 9.59 Å². The first-order chi connectivity index (χ1) is 11.6. The molecule has 2 aromatic rings. The first kappa shape index (κ1) is 16.6. The molecule has 0 saturated carbocycles. The Morgan fingerprint density at radius 3 is 2.79 bits per heavy atom. The van der Waals surface area contributed by atoms with Gasteiger partial charge in [0.25, 0.3) is 0 Å². The highest BCUT2D eigenvalue weighted by Crippen LogP contribution is 2.26. The van der Waals surface area contributed by atoms with E-state index >= 15 is 0 Å². The number of fused-ring (bicyclic) bond motifs is 3. The summed E-state index contributed by atoms with van der Waals surface area (Å²) in [4.78, 5) is 29.1. The highest BCUT2D eigenvalue weighted by molar-refractivity contribution is 5.86. The van der Waals surface area contributed by atoms with Crippen molar-refractivity contribution in [1.29, 1.82) is 0 Å². The molecule has 1 aromatic carbocycles. The third-order valence-electron chi connectivity index (χ3n) is 4.61. The lowest BCUT2D eigenvalue weighted by molar-refractivity contribution is -0.145. The average molecular weight is 328 g/mol. The molecule has 2 heterocycles. The van der Waals surface area contributed by atoms with Crippen LogP contribution in [0.2, 0.25) is 0 Å². The van der Waals surface area contributed by atoms with Gasteiger partial charge in [0.15, 0.2) is 0 Å². The number of aromatic amines is 1. The van der Waals surface area contributed by atoms with Crippen molar-refractivity contribution in [2.45, 2.75) is 39.5 Å². The molecule has 0 saturated heterocycles. The predicted octanol–water partition coefficient (Wildman–Crippen LogP) is 2.75. The third kappa shape index (κ3) is 3.45. The smallest absolute Gasteiger partial charge is 0.306 e. The molecular weight excluding hydrogens is 304 g/mol. The molecule has 1 N–H and O–H groups in total. The molecule has 24 heavy (non-hydrogen) atoms. The minimum absolute atomic E-state index is 0.0358. The summed E-state index contributed by atoms with van der Waals surface area (Å²) in [5.74, 6) is -0.263. The van der Waals surface area contributed by atoms with Crippen LogP contribution in [-0.2, 0) is 27.2 Å². The van der Waals surface area contributed by atoms with Crippen LogP contribution in [0.3, 0.4) is 0 Å². The van der Waals surface area contributed by atoms with E-state index < -0.39 is 0 Å². The first-order valence-corrected chi connectivity index (χ1v) is 8.62. The number of hydrogen-bond donors (Lipinski definition) is 1. The van der Waals surface area contributed by atoms with E-state index in [1.165, 1.54) is 27.7 Å². The van der Waals surface area contributed by atoms with Crippen LogP contribution >= 0.6 is 0 Å². The van der Waals surface area contributed by atoms with Gasteiger partial charge < -0.3 is 14.6 Å². The Labute approximate surface area is 142 Å². The van der Waals surface area contributed by atoms with Gasteiger partial charge >= 0.3 is 5.97 Å². The summed E-state index contributed by atoms with van der Waals surface area (Å²) >= 11 is 0. The number of amides is 1. The van der Waals surface area contributed by atoms with Gasteiger partial charge in [0, 0.05) is 42.5 Å². The Hall–Kier alpha value is -2.30. The van der Waals surface area contributed by atoms with Crippen LogP contribution in [0.25, 0.3) is 10.9 Å². The molecule has 1 aromatic heterocycles. The van der Waals surface area contributed by atoms with E-state index in [2.05, 4.69) is 30.1 Å². The monoisotopic (exact) mass is 328 g/mol. The van der Waals surface area contributed by atoms with Crippen LogP contribution in [0.15, 0.2) is 18.2 Å². The van der Waals surface area contributed by atoms with Crippen molar-refractivity contribution in [3.63, 3.8) is 0 Å². The molecule has 3 rings (SSSR count). The van der Waals surface area contributed by atoms with Gasteiger partial charge in [0.1, 0.15) is 0 Å². The topological polar surface area (TPSA) is 62.4 Å². The minimum Gasteiger partial charge on any atom is -0.466 e. The standard InChI is InChI=1S/C19H24N2O3/c1-3-24-19(23)7-6-18(22)21-10-8-14-15-12-13(2)4-5-16(15)20-17(14)9-11-21/h4-5,12,20H,3,6-11H2,1-2H3. The molecule has 1 aliphatic rings. The normalized spacial score (nSPS) is 14.3. The Kier molecular flexibility index (Phi) is 4.88. The summed E-state index contributed by atoms with van der Waals surface area (Å²) in [5, 5.41) is 1.27. The predicted molar refractivity (Wildman–Crippen MR) is 92.9 cm³/mol. The Bertz CT molecular complexity index is 763. The maximum absolute atomic E-state index is 12.4. The summed E-state index contributed by atoms with van der Waals surface area (Å²) in [7, 11) is 0. The fraction of sp³-hybridized carbons (Fsp3) is 0.474. The van der Waals surface area contributed by atoms with Gasteiger partial charge in [-0.15, -0.1) is 0 Å². The molecule has 5 heteroatoms. The molecular formula is C19H24N2O3. The summed E-state index contributed by atoms with van der Waals surface area (Å²) in [6.07, 6.45) is 2.07. The van der Waals surface area contributed by atoms with E-state index in [9.17, 15) is 9.59 Å². The summed E-state index contributed by atoms with van der Waals surface area (Å²) in [6.45, 7) is 5.63. The van der Waals surface area contributed by atoms with Crippen molar-refractivity contribution in [2.24, 2.45) is 0 Å². The van der Waals surface area contributed by atoms with E-state index in [0.717, 1.165) is 12.8 Å². The van der Waals surface area contributed by atoms with Gasteiger partial charge in [0.05, 0.1) is 13.0 Å². The SMILES string of the molecule is CCOC(=O)CCC(=O)N1CCc2[nH]c3ccc(C)cc3c2CC1.